The number of hydrogen-bond acceptors (Lipinski definition) is 7. The number of nitrogens with one attached hydrogen (secondary N) is 2. The van der Waals surface area contributed by atoms with Gasteiger partial charge in [0.05, 0.1) is 17.2 Å². The number of nitrogens with zero attached hydrogens (tertiary/aromatic N) is 3. The zero-order valence-corrected chi connectivity index (χ0v) is 10.8. The van der Waals surface area contributed by atoms with E-state index in [-0.39, 0.29) is 29.4 Å². The number of nitro groups is 1. The van der Waals surface area contributed by atoms with Gasteiger partial charge in [-0.2, -0.15) is 0 Å². The van der Waals surface area contributed by atoms with Gasteiger partial charge in [0.1, 0.15) is 12.0 Å². The van der Waals surface area contributed by atoms with Gasteiger partial charge in [-0.25, -0.2) is 9.97 Å². The Bertz CT molecular complexity index is 661. The van der Waals surface area contributed by atoms with Crippen LogP contribution in [0.5, 0.6) is 0 Å². The summed E-state index contributed by atoms with van der Waals surface area (Å²) in [6.07, 6.45) is 2.95. The summed E-state index contributed by atoms with van der Waals surface area (Å²) in [6, 6.07) is 5.56. The third-order valence-corrected chi connectivity index (χ3v) is 2.68. The van der Waals surface area contributed by atoms with Gasteiger partial charge in [-0.05, 0) is 18.2 Å². The van der Waals surface area contributed by atoms with Crippen molar-refractivity contribution in [2.75, 3.05) is 5.43 Å². The molecule has 0 radical (unpaired) electrons. The minimum Gasteiger partial charge on any atom is -0.346 e. The SMILES string of the molecule is NNc1cc(C(=O)NCc2ccncn2)ccc1[N+](=O)[O-]. The maximum absolute atomic E-state index is 12.0. The van der Waals surface area contributed by atoms with Crippen molar-refractivity contribution in [3.05, 3.63) is 58.2 Å². The molecule has 2 rings (SSSR count). The lowest BCUT2D eigenvalue weighted by Crippen LogP contribution is -2.23. The van der Waals surface area contributed by atoms with Crippen LogP contribution in [0.15, 0.2) is 36.8 Å². The van der Waals surface area contributed by atoms with Gasteiger partial charge in [-0.1, -0.05) is 0 Å². The molecule has 1 heterocycles. The predicted molar refractivity (Wildman–Crippen MR) is 74.1 cm³/mol. The number of rotatable bonds is 5. The molecule has 0 aliphatic heterocycles. The van der Waals surface area contributed by atoms with E-state index in [0.29, 0.717) is 5.69 Å². The normalized spacial score (nSPS) is 9.95. The van der Waals surface area contributed by atoms with E-state index in [9.17, 15) is 14.9 Å². The van der Waals surface area contributed by atoms with Crippen LogP contribution >= 0.6 is 0 Å². The van der Waals surface area contributed by atoms with Gasteiger partial charge in [0.15, 0.2) is 0 Å². The first-order valence-corrected chi connectivity index (χ1v) is 5.90. The van der Waals surface area contributed by atoms with Gasteiger partial charge in [0.25, 0.3) is 11.6 Å². The van der Waals surface area contributed by atoms with Crippen LogP contribution in [0.25, 0.3) is 0 Å². The van der Waals surface area contributed by atoms with Crippen molar-refractivity contribution in [2.45, 2.75) is 6.54 Å². The Labute approximate surface area is 119 Å². The van der Waals surface area contributed by atoms with E-state index in [4.69, 9.17) is 5.84 Å². The van der Waals surface area contributed by atoms with Gasteiger partial charge in [0.2, 0.25) is 0 Å². The largest absolute Gasteiger partial charge is 0.346 e. The van der Waals surface area contributed by atoms with Gasteiger partial charge < -0.3 is 10.7 Å². The molecule has 0 aliphatic rings. The summed E-state index contributed by atoms with van der Waals surface area (Å²) in [7, 11) is 0. The Morgan fingerprint density at radius 2 is 2.19 bits per heavy atom. The van der Waals surface area contributed by atoms with Crippen molar-refractivity contribution in [1.82, 2.24) is 15.3 Å². The Balaban J connectivity index is 2.11. The highest BCUT2D eigenvalue weighted by Gasteiger charge is 2.16. The number of carbonyl (C=O) groups excluding carboxylic acids is 1. The zero-order chi connectivity index (χ0) is 15.2. The minimum absolute atomic E-state index is 0.0645. The van der Waals surface area contributed by atoms with Crippen LogP contribution in [-0.4, -0.2) is 20.8 Å². The van der Waals surface area contributed by atoms with Crippen molar-refractivity contribution >= 4 is 17.3 Å². The molecule has 0 saturated carbocycles. The quantitative estimate of drug-likeness (QED) is 0.416. The standard InChI is InChI=1S/C12H12N6O3/c13-17-10-5-8(1-2-11(10)18(20)21)12(19)15-6-9-3-4-14-7-16-9/h1-5,7,17H,6,13H2,(H,15,19). The van der Waals surface area contributed by atoms with E-state index >= 15 is 0 Å². The first-order valence-electron chi connectivity index (χ1n) is 5.90. The monoisotopic (exact) mass is 288 g/mol. The molecule has 0 aliphatic carbocycles. The molecule has 0 fully saturated rings. The predicted octanol–water partition coefficient (Wildman–Crippen LogP) is 0.600. The van der Waals surface area contributed by atoms with Gasteiger partial charge >= 0.3 is 0 Å². The second-order valence-corrected chi connectivity index (χ2v) is 4.02. The highest BCUT2D eigenvalue weighted by molar-refractivity contribution is 5.95. The van der Waals surface area contributed by atoms with Crippen LogP contribution in [0.2, 0.25) is 0 Å². The minimum atomic E-state index is -0.586. The Kier molecular flexibility index (Phi) is 4.36. The fourth-order valence-electron chi connectivity index (χ4n) is 1.65. The molecule has 9 heteroatoms. The summed E-state index contributed by atoms with van der Waals surface area (Å²) in [5.41, 5.74) is 2.97. The van der Waals surface area contributed by atoms with Crippen LogP contribution in [-0.2, 0) is 6.54 Å². The Hall–Kier alpha value is -3.07. The number of benzene rings is 1. The number of aromatic nitrogens is 2. The molecule has 21 heavy (non-hydrogen) atoms. The van der Waals surface area contributed by atoms with E-state index in [1.807, 2.05) is 0 Å². The Morgan fingerprint density at radius 3 is 2.81 bits per heavy atom. The second-order valence-electron chi connectivity index (χ2n) is 4.02. The van der Waals surface area contributed by atoms with Crippen LogP contribution < -0.4 is 16.6 Å². The molecule has 0 saturated heterocycles. The van der Waals surface area contributed by atoms with Crippen LogP contribution in [0.4, 0.5) is 11.4 Å². The maximum atomic E-state index is 12.0. The van der Waals surface area contributed by atoms with Crippen molar-refractivity contribution in [2.24, 2.45) is 5.84 Å². The van der Waals surface area contributed by atoms with Gasteiger partial charge in [-0.15, -0.1) is 0 Å². The smallest absolute Gasteiger partial charge is 0.293 e. The van der Waals surface area contributed by atoms with Crippen LogP contribution in [0, 0.1) is 10.1 Å². The Morgan fingerprint density at radius 1 is 1.38 bits per heavy atom. The molecule has 1 amide bonds. The van der Waals surface area contributed by atoms with Crippen LogP contribution in [0.3, 0.4) is 0 Å². The third kappa shape index (κ3) is 3.48. The maximum Gasteiger partial charge on any atom is 0.293 e. The number of nitro benzene ring substituents is 1. The molecular weight excluding hydrogens is 276 g/mol. The fraction of sp³-hybridized carbons (Fsp3) is 0.0833. The molecule has 0 bridgehead atoms. The van der Waals surface area contributed by atoms with Gasteiger partial charge in [0, 0.05) is 17.8 Å². The molecule has 9 nitrogen and oxygen atoms in total. The zero-order valence-electron chi connectivity index (χ0n) is 10.8. The highest BCUT2D eigenvalue weighted by Crippen LogP contribution is 2.24. The topological polar surface area (TPSA) is 136 Å². The number of carbonyl (C=O) groups is 1. The summed E-state index contributed by atoms with van der Waals surface area (Å²) in [5, 5.41) is 13.4. The molecule has 1 aromatic heterocycles. The number of anilines is 1. The molecule has 108 valence electrons. The average Bonchev–Trinajstić information content (AvgIpc) is 2.52. The highest BCUT2D eigenvalue weighted by atomic mass is 16.6. The number of hydrazine groups is 1. The second kappa shape index (κ2) is 6.39. The molecular formula is C12H12N6O3. The molecule has 4 N–H and O–H groups in total. The van der Waals surface area contributed by atoms with Crippen molar-refractivity contribution in [1.29, 1.82) is 0 Å². The summed E-state index contributed by atoms with van der Waals surface area (Å²) in [5.74, 6) is 4.83. The fourth-order valence-corrected chi connectivity index (χ4v) is 1.65. The van der Waals surface area contributed by atoms with Crippen molar-refractivity contribution in [3.8, 4) is 0 Å². The molecule has 0 unspecified atom stereocenters. The first-order chi connectivity index (χ1) is 10.1. The number of amides is 1. The number of nitrogens with two attached hydrogens (primary N) is 1. The van der Waals surface area contributed by atoms with Crippen LogP contribution in [0.1, 0.15) is 16.1 Å². The van der Waals surface area contributed by atoms with E-state index in [1.54, 1.807) is 12.3 Å². The summed E-state index contributed by atoms with van der Waals surface area (Å²) >= 11 is 0. The van der Waals surface area contributed by atoms with Crippen molar-refractivity contribution < 1.29 is 9.72 Å². The average molecular weight is 288 g/mol. The van der Waals surface area contributed by atoms with Gasteiger partial charge in [-0.3, -0.25) is 20.8 Å². The third-order valence-electron chi connectivity index (χ3n) is 2.68. The number of hydrogen-bond donors (Lipinski definition) is 3. The summed E-state index contributed by atoms with van der Waals surface area (Å²) < 4.78 is 0. The molecule has 0 atom stereocenters. The van der Waals surface area contributed by atoms with E-state index in [1.165, 1.54) is 24.5 Å². The summed E-state index contributed by atoms with van der Waals surface area (Å²) in [6.45, 7) is 0.226. The van der Waals surface area contributed by atoms with E-state index < -0.39 is 4.92 Å². The lowest BCUT2D eigenvalue weighted by atomic mass is 10.1. The molecule has 1 aromatic carbocycles. The lowest BCUT2D eigenvalue weighted by molar-refractivity contribution is -0.384. The summed E-state index contributed by atoms with van der Waals surface area (Å²) in [4.78, 5) is 29.9. The number of nitrogen functional groups attached to an aromatic ring is 1. The van der Waals surface area contributed by atoms with E-state index in [2.05, 4.69) is 20.7 Å². The first kappa shape index (κ1) is 14.3. The van der Waals surface area contributed by atoms with E-state index in [0.717, 1.165) is 0 Å². The molecule has 2 aromatic rings. The molecule has 0 spiro atoms. The van der Waals surface area contributed by atoms with Crippen molar-refractivity contribution in [3.63, 3.8) is 0 Å². The lowest BCUT2D eigenvalue weighted by Gasteiger charge is -2.07.